The SMILES string of the molecule is CCCCCC/C=C\CCCCCCCC(=O)OCCCCCCCCCCCCCCCC/C=C\CCCCCCCCCCCCCCCCCCCC(=O)NC(CO)C(O)/C=C/CCCCCCCCCCCCCCCCCCCCCCCCC. The van der Waals surface area contributed by atoms with Crippen molar-refractivity contribution in [3.05, 3.63) is 36.5 Å². The number of unbranched alkanes of at least 4 members (excludes halogenated alkanes) is 63. The van der Waals surface area contributed by atoms with Crippen LogP contribution >= 0.6 is 0 Å². The van der Waals surface area contributed by atoms with Crippen LogP contribution in [-0.2, 0) is 14.3 Å². The van der Waals surface area contributed by atoms with Crippen molar-refractivity contribution in [2.75, 3.05) is 13.2 Å². The third-order valence-electron chi connectivity index (χ3n) is 19.4. The summed E-state index contributed by atoms with van der Waals surface area (Å²) in [6, 6.07) is -0.627. The third-order valence-corrected chi connectivity index (χ3v) is 19.4. The maximum absolute atomic E-state index is 12.6. The van der Waals surface area contributed by atoms with Crippen LogP contribution in [-0.4, -0.2) is 47.4 Å². The number of esters is 1. The maximum atomic E-state index is 12.6. The fourth-order valence-electron chi connectivity index (χ4n) is 13.1. The molecule has 0 aromatic heterocycles. The minimum atomic E-state index is -0.844. The molecule has 0 aliphatic rings. The van der Waals surface area contributed by atoms with Gasteiger partial charge in [0.25, 0.3) is 0 Å². The molecule has 3 N–H and O–H groups in total. The molecule has 532 valence electrons. The van der Waals surface area contributed by atoms with Gasteiger partial charge in [-0.2, -0.15) is 0 Å². The van der Waals surface area contributed by atoms with Crippen LogP contribution in [0, 0.1) is 0 Å². The standard InChI is InChI=1S/C84H161NO5/c1-3-5-7-9-11-13-15-17-18-19-20-21-22-34-37-40-43-46-49-53-56-60-64-68-72-76-82(87)81(80-86)85-83(88)77-73-69-65-61-57-54-50-47-44-41-38-35-32-30-28-26-24-23-25-27-29-31-33-36-39-42-45-48-51-55-59-63-67-71-75-79-90-84(89)78-74-70-66-62-58-52-16-14-12-10-8-6-4-2/h14,16,25,27,72,76,81-82,86-87H,3-13,15,17-24,26,28-71,73-75,77-80H2,1-2H3,(H,85,88)/b16-14-,27-25-,76-72+. The van der Waals surface area contributed by atoms with E-state index in [9.17, 15) is 19.8 Å². The van der Waals surface area contributed by atoms with Crippen LogP contribution < -0.4 is 5.32 Å². The lowest BCUT2D eigenvalue weighted by Gasteiger charge is -2.20. The number of allylic oxidation sites excluding steroid dienone is 5. The maximum Gasteiger partial charge on any atom is 0.305 e. The molecule has 1 amide bonds. The molecule has 0 bridgehead atoms. The lowest BCUT2D eigenvalue weighted by molar-refractivity contribution is -0.143. The first-order valence-electron chi connectivity index (χ1n) is 41.3. The summed E-state index contributed by atoms with van der Waals surface area (Å²) in [4.78, 5) is 24.6. The normalized spacial score (nSPS) is 12.6. The van der Waals surface area contributed by atoms with E-state index < -0.39 is 12.1 Å². The van der Waals surface area contributed by atoms with Gasteiger partial charge in [0.1, 0.15) is 0 Å². The van der Waals surface area contributed by atoms with E-state index in [4.69, 9.17) is 4.74 Å². The minimum absolute atomic E-state index is 0.0114. The van der Waals surface area contributed by atoms with Crippen LogP contribution in [0.3, 0.4) is 0 Å². The Morgan fingerprint density at radius 2 is 0.522 bits per heavy atom. The zero-order valence-electron chi connectivity index (χ0n) is 61.1. The molecule has 0 heterocycles. The molecule has 90 heavy (non-hydrogen) atoms. The lowest BCUT2D eigenvalue weighted by Crippen LogP contribution is -2.45. The van der Waals surface area contributed by atoms with Gasteiger partial charge in [0.2, 0.25) is 5.91 Å². The molecule has 0 rings (SSSR count). The van der Waals surface area contributed by atoms with Gasteiger partial charge in [0, 0.05) is 12.8 Å². The molecule has 0 fully saturated rings. The average molecular weight is 1270 g/mol. The van der Waals surface area contributed by atoms with E-state index in [2.05, 4.69) is 43.5 Å². The number of carbonyl (C=O) groups is 2. The molecule has 6 nitrogen and oxygen atoms in total. The first kappa shape index (κ1) is 88.1. The largest absolute Gasteiger partial charge is 0.466 e. The number of hydrogen-bond donors (Lipinski definition) is 3. The predicted molar refractivity (Wildman–Crippen MR) is 398 cm³/mol. The Balaban J connectivity index is 3.37. The van der Waals surface area contributed by atoms with Crippen LogP contribution in [0.1, 0.15) is 463 Å². The quantitative estimate of drug-likeness (QED) is 0.0320. The van der Waals surface area contributed by atoms with E-state index in [0.717, 1.165) is 44.9 Å². The van der Waals surface area contributed by atoms with Crippen LogP contribution in [0.4, 0.5) is 0 Å². The minimum Gasteiger partial charge on any atom is -0.466 e. The molecule has 0 aromatic carbocycles. The lowest BCUT2D eigenvalue weighted by atomic mass is 10.0. The van der Waals surface area contributed by atoms with Crippen molar-refractivity contribution in [2.24, 2.45) is 0 Å². The second-order valence-corrected chi connectivity index (χ2v) is 28.4. The number of amides is 1. The molecule has 6 heteroatoms. The van der Waals surface area contributed by atoms with E-state index in [0.29, 0.717) is 19.4 Å². The molecule has 2 unspecified atom stereocenters. The number of rotatable bonds is 78. The summed E-state index contributed by atoms with van der Waals surface area (Å²) in [6.45, 7) is 4.94. The molecule has 0 spiro atoms. The Morgan fingerprint density at radius 3 is 0.800 bits per heavy atom. The van der Waals surface area contributed by atoms with E-state index in [-0.39, 0.29) is 18.5 Å². The van der Waals surface area contributed by atoms with E-state index in [1.54, 1.807) is 6.08 Å². The van der Waals surface area contributed by atoms with Crippen LogP contribution in [0.15, 0.2) is 36.5 Å². The van der Waals surface area contributed by atoms with Crippen molar-refractivity contribution < 1.29 is 24.5 Å². The van der Waals surface area contributed by atoms with Gasteiger partial charge in [0.15, 0.2) is 0 Å². The highest BCUT2D eigenvalue weighted by Gasteiger charge is 2.18. The highest BCUT2D eigenvalue weighted by atomic mass is 16.5. The monoisotopic (exact) mass is 1260 g/mol. The molecular formula is C84H161NO5. The predicted octanol–water partition coefficient (Wildman–Crippen LogP) is 27.4. The van der Waals surface area contributed by atoms with Gasteiger partial charge < -0.3 is 20.3 Å². The van der Waals surface area contributed by atoms with Gasteiger partial charge in [-0.25, -0.2) is 0 Å². The van der Waals surface area contributed by atoms with Gasteiger partial charge in [-0.3, -0.25) is 9.59 Å². The number of nitrogens with one attached hydrogen (secondary N) is 1. The zero-order valence-corrected chi connectivity index (χ0v) is 61.1. The fourth-order valence-corrected chi connectivity index (χ4v) is 13.1. The van der Waals surface area contributed by atoms with Crippen molar-refractivity contribution >= 4 is 11.9 Å². The zero-order chi connectivity index (χ0) is 64.9. The van der Waals surface area contributed by atoms with Crippen molar-refractivity contribution in [3.8, 4) is 0 Å². The van der Waals surface area contributed by atoms with Gasteiger partial charge >= 0.3 is 5.97 Å². The number of hydrogen-bond acceptors (Lipinski definition) is 5. The van der Waals surface area contributed by atoms with Gasteiger partial charge in [-0.05, 0) is 83.5 Å². The Hall–Kier alpha value is -1.92. The molecule has 0 aliphatic carbocycles. The number of aliphatic hydroxyl groups is 2. The molecule has 0 aromatic rings. The third kappa shape index (κ3) is 75.1. The summed E-state index contributed by atoms with van der Waals surface area (Å²) < 4.78 is 5.49. The molecule has 0 radical (unpaired) electrons. The van der Waals surface area contributed by atoms with Gasteiger partial charge in [-0.15, -0.1) is 0 Å². The summed E-state index contributed by atoms with van der Waals surface area (Å²) in [5, 5.41) is 23.3. The Morgan fingerprint density at radius 1 is 0.300 bits per heavy atom. The fraction of sp³-hybridized carbons (Fsp3) is 0.905. The van der Waals surface area contributed by atoms with Gasteiger partial charge in [0.05, 0.1) is 25.4 Å². The van der Waals surface area contributed by atoms with Crippen molar-refractivity contribution in [1.82, 2.24) is 5.32 Å². The summed E-state index contributed by atoms with van der Waals surface area (Å²) in [7, 11) is 0. The summed E-state index contributed by atoms with van der Waals surface area (Å²) in [6.07, 6.45) is 104. The smallest absolute Gasteiger partial charge is 0.305 e. The second kappa shape index (κ2) is 79.5. The average Bonchev–Trinajstić information content (AvgIpc) is 3.62. The first-order valence-corrected chi connectivity index (χ1v) is 41.3. The Kier molecular flexibility index (Phi) is 77.8. The highest BCUT2D eigenvalue weighted by molar-refractivity contribution is 5.76. The first-order chi connectivity index (χ1) is 44.5. The molecule has 0 saturated heterocycles. The number of ether oxygens (including phenoxy) is 1. The van der Waals surface area contributed by atoms with E-state index in [1.807, 2.05) is 6.08 Å². The molecular weight excluding hydrogens is 1100 g/mol. The van der Waals surface area contributed by atoms with Crippen LogP contribution in [0.5, 0.6) is 0 Å². The molecule has 0 saturated carbocycles. The highest BCUT2D eigenvalue weighted by Crippen LogP contribution is 2.20. The van der Waals surface area contributed by atoms with Crippen molar-refractivity contribution in [2.45, 2.75) is 475 Å². The van der Waals surface area contributed by atoms with Crippen LogP contribution in [0.2, 0.25) is 0 Å². The van der Waals surface area contributed by atoms with E-state index >= 15 is 0 Å². The summed E-state index contributed by atoms with van der Waals surface area (Å²) in [5.74, 6) is -0.0476. The van der Waals surface area contributed by atoms with Crippen molar-refractivity contribution in [3.63, 3.8) is 0 Å². The summed E-state index contributed by atoms with van der Waals surface area (Å²) in [5.41, 5.74) is 0. The summed E-state index contributed by atoms with van der Waals surface area (Å²) >= 11 is 0. The Bertz CT molecular complexity index is 1460. The second-order valence-electron chi connectivity index (χ2n) is 28.4. The topological polar surface area (TPSA) is 95.9 Å². The molecule has 0 aliphatic heterocycles. The molecule has 2 atom stereocenters. The Labute approximate surface area is 564 Å². The van der Waals surface area contributed by atoms with Gasteiger partial charge in [-0.1, -0.05) is 403 Å². The van der Waals surface area contributed by atoms with Crippen LogP contribution in [0.25, 0.3) is 0 Å². The van der Waals surface area contributed by atoms with Crippen molar-refractivity contribution in [1.29, 1.82) is 0 Å². The number of carbonyl (C=O) groups excluding carboxylic acids is 2. The number of aliphatic hydroxyl groups excluding tert-OH is 2. The van der Waals surface area contributed by atoms with E-state index in [1.165, 1.54) is 392 Å².